The molecule has 0 saturated carbocycles. The summed E-state index contributed by atoms with van der Waals surface area (Å²) in [6.45, 7) is -0.279. The summed E-state index contributed by atoms with van der Waals surface area (Å²) in [4.78, 5) is 16.7. The standard InChI is InChI=1S/C9H9O4P/c10-14(11,12)13-8-4-7-9-5-2-1-3-6-9/h1-3,5-6H,8H2,(H2,10,11,12). The molecular formula is C9H9O4P. The van der Waals surface area contributed by atoms with Gasteiger partial charge in [-0.3, -0.25) is 4.52 Å². The number of phosphoric ester groups is 1. The van der Waals surface area contributed by atoms with Crippen LogP contribution in [0.1, 0.15) is 5.56 Å². The molecule has 0 radical (unpaired) electrons. The van der Waals surface area contributed by atoms with Crippen LogP contribution in [0.25, 0.3) is 0 Å². The van der Waals surface area contributed by atoms with Crippen molar-refractivity contribution in [3.63, 3.8) is 0 Å². The highest BCUT2D eigenvalue weighted by Crippen LogP contribution is 2.34. The van der Waals surface area contributed by atoms with E-state index in [1.807, 2.05) is 18.2 Å². The van der Waals surface area contributed by atoms with Crippen LogP contribution in [-0.2, 0) is 9.09 Å². The van der Waals surface area contributed by atoms with Gasteiger partial charge in [-0.15, -0.1) is 0 Å². The minimum Gasteiger partial charge on any atom is -0.303 e. The SMILES string of the molecule is O=P(O)(O)OCC#Cc1ccccc1. The summed E-state index contributed by atoms with van der Waals surface area (Å²) in [6.07, 6.45) is 0. The largest absolute Gasteiger partial charge is 0.470 e. The minimum atomic E-state index is -4.39. The highest BCUT2D eigenvalue weighted by Gasteiger charge is 2.11. The predicted molar refractivity (Wildman–Crippen MR) is 51.3 cm³/mol. The molecule has 5 heteroatoms. The fourth-order valence-electron chi connectivity index (χ4n) is 0.776. The van der Waals surface area contributed by atoms with Crippen LogP contribution in [0.15, 0.2) is 30.3 Å². The Bertz CT molecular complexity index is 384. The van der Waals surface area contributed by atoms with Gasteiger partial charge in [-0.25, -0.2) is 4.57 Å². The minimum absolute atomic E-state index is 0.279. The molecule has 0 fully saturated rings. The lowest BCUT2D eigenvalue weighted by molar-refractivity contribution is 0.218. The second kappa shape index (κ2) is 4.94. The van der Waals surface area contributed by atoms with Crippen LogP contribution in [0.4, 0.5) is 0 Å². The van der Waals surface area contributed by atoms with Gasteiger partial charge in [-0.05, 0) is 12.1 Å². The van der Waals surface area contributed by atoms with Crippen molar-refractivity contribution in [1.82, 2.24) is 0 Å². The van der Waals surface area contributed by atoms with Crippen LogP contribution < -0.4 is 0 Å². The summed E-state index contributed by atoms with van der Waals surface area (Å²) in [5.41, 5.74) is 0.779. The van der Waals surface area contributed by atoms with Crippen molar-refractivity contribution in [1.29, 1.82) is 0 Å². The van der Waals surface area contributed by atoms with Gasteiger partial charge in [0.2, 0.25) is 0 Å². The fraction of sp³-hybridized carbons (Fsp3) is 0.111. The third-order valence-corrected chi connectivity index (χ3v) is 1.78. The molecule has 0 aromatic heterocycles. The van der Waals surface area contributed by atoms with Crippen molar-refractivity contribution in [2.24, 2.45) is 0 Å². The van der Waals surface area contributed by atoms with Crippen LogP contribution in [0, 0.1) is 11.8 Å². The Labute approximate surface area is 81.8 Å². The van der Waals surface area contributed by atoms with E-state index < -0.39 is 7.82 Å². The molecule has 0 aliphatic carbocycles. The Balaban J connectivity index is 2.46. The molecule has 0 spiro atoms. The number of benzene rings is 1. The molecule has 0 aliphatic rings. The molecule has 1 aromatic carbocycles. The first kappa shape index (κ1) is 11.0. The summed E-state index contributed by atoms with van der Waals surface area (Å²) >= 11 is 0. The molecule has 1 rings (SSSR count). The van der Waals surface area contributed by atoms with E-state index in [9.17, 15) is 4.57 Å². The Morgan fingerprint density at radius 1 is 1.29 bits per heavy atom. The first-order valence-corrected chi connectivity index (χ1v) is 5.35. The van der Waals surface area contributed by atoms with Crippen molar-refractivity contribution in [2.75, 3.05) is 6.61 Å². The molecule has 0 atom stereocenters. The summed E-state index contributed by atoms with van der Waals surface area (Å²) in [6, 6.07) is 9.11. The average molecular weight is 212 g/mol. The van der Waals surface area contributed by atoms with E-state index in [4.69, 9.17) is 9.79 Å². The second-order valence-corrected chi connectivity index (χ2v) is 3.67. The molecule has 1 aromatic rings. The zero-order chi connectivity index (χ0) is 10.4. The first-order chi connectivity index (χ1) is 6.58. The zero-order valence-electron chi connectivity index (χ0n) is 7.25. The highest BCUT2D eigenvalue weighted by atomic mass is 31.2. The summed E-state index contributed by atoms with van der Waals surface area (Å²) in [5.74, 6) is 5.19. The highest BCUT2D eigenvalue weighted by molar-refractivity contribution is 7.46. The Morgan fingerprint density at radius 2 is 1.93 bits per heavy atom. The normalized spacial score (nSPS) is 10.4. The van der Waals surface area contributed by atoms with Crippen molar-refractivity contribution in [2.45, 2.75) is 0 Å². The molecular weight excluding hydrogens is 203 g/mol. The Morgan fingerprint density at radius 3 is 2.50 bits per heavy atom. The van der Waals surface area contributed by atoms with Gasteiger partial charge in [0.1, 0.15) is 6.61 Å². The van der Waals surface area contributed by atoms with Crippen molar-refractivity contribution in [3.8, 4) is 11.8 Å². The van der Waals surface area contributed by atoms with Crippen LogP contribution in [-0.4, -0.2) is 16.4 Å². The Kier molecular flexibility index (Phi) is 3.87. The summed E-state index contributed by atoms with van der Waals surface area (Å²) in [5, 5.41) is 0. The van der Waals surface area contributed by atoms with Gasteiger partial charge in [0.05, 0.1) is 0 Å². The van der Waals surface area contributed by atoms with Gasteiger partial charge in [0, 0.05) is 5.56 Å². The zero-order valence-corrected chi connectivity index (χ0v) is 8.15. The Hall–Kier alpha value is -1.11. The molecule has 2 N–H and O–H groups in total. The maximum Gasteiger partial charge on any atom is 0.470 e. The van der Waals surface area contributed by atoms with E-state index in [1.54, 1.807) is 12.1 Å². The molecule has 0 amide bonds. The number of rotatable bonds is 2. The maximum atomic E-state index is 10.2. The van der Waals surface area contributed by atoms with Gasteiger partial charge in [0.15, 0.2) is 0 Å². The van der Waals surface area contributed by atoms with Gasteiger partial charge in [-0.2, -0.15) is 0 Å². The van der Waals surface area contributed by atoms with E-state index in [0.717, 1.165) is 5.56 Å². The smallest absolute Gasteiger partial charge is 0.303 e. The van der Waals surface area contributed by atoms with Crippen LogP contribution in [0.3, 0.4) is 0 Å². The van der Waals surface area contributed by atoms with Crippen LogP contribution in [0.2, 0.25) is 0 Å². The van der Waals surface area contributed by atoms with Crippen LogP contribution >= 0.6 is 7.82 Å². The topological polar surface area (TPSA) is 66.8 Å². The van der Waals surface area contributed by atoms with Crippen LogP contribution in [0.5, 0.6) is 0 Å². The van der Waals surface area contributed by atoms with E-state index in [1.165, 1.54) is 0 Å². The van der Waals surface area contributed by atoms with E-state index in [2.05, 4.69) is 16.4 Å². The lowest BCUT2D eigenvalue weighted by Gasteiger charge is -1.98. The molecule has 0 heterocycles. The second-order valence-electron chi connectivity index (χ2n) is 2.43. The number of hydrogen-bond donors (Lipinski definition) is 2. The van der Waals surface area contributed by atoms with Gasteiger partial charge >= 0.3 is 7.82 Å². The molecule has 0 bridgehead atoms. The van der Waals surface area contributed by atoms with Crippen molar-refractivity contribution >= 4 is 7.82 Å². The first-order valence-electron chi connectivity index (χ1n) is 3.82. The number of phosphoric acid groups is 1. The third kappa shape index (κ3) is 4.80. The molecule has 14 heavy (non-hydrogen) atoms. The van der Waals surface area contributed by atoms with Gasteiger partial charge in [0.25, 0.3) is 0 Å². The summed E-state index contributed by atoms with van der Waals surface area (Å²) < 4.78 is 14.4. The lowest BCUT2D eigenvalue weighted by atomic mass is 10.2. The molecule has 4 nitrogen and oxygen atoms in total. The monoisotopic (exact) mass is 212 g/mol. The van der Waals surface area contributed by atoms with Crippen molar-refractivity contribution in [3.05, 3.63) is 35.9 Å². The molecule has 0 aliphatic heterocycles. The molecule has 74 valence electrons. The molecule has 0 saturated heterocycles. The fourth-order valence-corrected chi connectivity index (χ4v) is 1.01. The van der Waals surface area contributed by atoms with Gasteiger partial charge in [-0.1, -0.05) is 30.0 Å². The lowest BCUT2D eigenvalue weighted by Crippen LogP contribution is -1.88. The number of hydrogen-bond acceptors (Lipinski definition) is 2. The summed E-state index contributed by atoms with van der Waals surface area (Å²) in [7, 11) is -4.39. The average Bonchev–Trinajstić information content (AvgIpc) is 2.13. The van der Waals surface area contributed by atoms with E-state index in [-0.39, 0.29) is 6.61 Å². The van der Waals surface area contributed by atoms with Crippen molar-refractivity contribution < 1.29 is 18.9 Å². The quantitative estimate of drug-likeness (QED) is 0.570. The van der Waals surface area contributed by atoms with E-state index in [0.29, 0.717) is 0 Å². The maximum absolute atomic E-state index is 10.2. The van der Waals surface area contributed by atoms with E-state index >= 15 is 0 Å². The van der Waals surface area contributed by atoms with Gasteiger partial charge < -0.3 is 9.79 Å². The third-order valence-electron chi connectivity index (χ3n) is 1.31. The predicted octanol–water partition coefficient (Wildman–Crippen LogP) is 1.15. The molecule has 0 unspecified atom stereocenters.